The number of esters is 1. The second kappa shape index (κ2) is 13.2. The fourth-order valence-corrected chi connectivity index (χ4v) is 3.17. The Kier molecular flexibility index (Phi) is 9.54. The molecule has 3 aromatic rings. The monoisotopic (exact) mass is 415 g/mol. The van der Waals surface area contributed by atoms with Gasteiger partial charge in [0.2, 0.25) is 0 Å². The molecule has 3 rings (SSSR count). The van der Waals surface area contributed by atoms with Crippen LogP contribution in [0.5, 0.6) is 0 Å². The molecule has 0 saturated heterocycles. The first-order valence-electron chi connectivity index (χ1n) is 10.5. The van der Waals surface area contributed by atoms with E-state index in [1.165, 1.54) is 11.1 Å². The first-order valence-corrected chi connectivity index (χ1v) is 10.5. The van der Waals surface area contributed by atoms with Gasteiger partial charge in [-0.2, -0.15) is 0 Å². The first kappa shape index (κ1) is 22.5. The molecule has 160 valence electrons. The van der Waals surface area contributed by atoms with E-state index in [2.05, 4.69) is 53.4 Å². The van der Waals surface area contributed by atoms with Gasteiger partial charge in [0.25, 0.3) is 0 Å². The molecule has 0 spiro atoms. The van der Waals surface area contributed by atoms with Gasteiger partial charge in [0.05, 0.1) is 6.61 Å². The number of nitrogens with zero attached hydrogens (tertiary/aromatic N) is 1. The van der Waals surface area contributed by atoms with Gasteiger partial charge in [-0.25, -0.2) is 4.79 Å². The van der Waals surface area contributed by atoms with Crippen molar-refractivity contribution in [3.8, 4) is 0 Å². The Morgan fingerprint density at radius 1 is 0.710 bits per heavy atom. The fourth-order valence-electron chi connectivity index (χ4n) is 3.17. The minimum atomic E-state index is -0.356. The van der Waals surface area contributed by atoms with E-state index in [0.717, 1.165) is 25.2 Å². The lowest BCUT2D eigenvalue weighted by Gasteiger charge is -2.21. The molecule has 0 amide bonds. The Balaban J connectivity index is 1.40. The third-order valence-electron chi connectivity index (χ3n) is 4.70. The molecule has 0 radical (unpaired) electrons. The highest BCUT2D eigenvalue weighted by molar-refractivity contribution is 5.70. The lowest BCUT2D eigenvalue weighted by Crippen LogP contribution is -2.23. The summed E-state index contributed by atoms with van der Waals surface area (Å²) >= 11 is 0. The molecule has 4 nitrogen and oxygen atoms in total. The lowest BCUT2D eigenvalue weighted by atomic mass is 10.1. The van der Waals surface area contributed by atoms with Crippen molar-refractivity contribution in [2.45, 2.75) is 19.7 Å². The third-order valence-corrected chi connectivity index (χ3v) is 4.70. The topological polar surface area (TPSA) is 38.8 Å². The molecule has 0 heterocycles. The summed E-state index contributed by atoms with van der Waals surface area (Å²) in [6.45, 7) is 3.08. The maximum Gasteiger partial charge on any atom is 0.332 e. The van der Waals surface area contributed by atoms with Crippen LogP contribution < -0.4 is 0 Å². The smallest absolute Gasteiger partial charge is 0.332 e. The summed E-state index contributed by atoms with van der Waals surface area (Å²) in [4.78, 5) is 14.2. The van der Waals surface area contributed by atoms with Crippen LogP contribution in [0.25, 0.3) is 0 Å². The zero-order valence-corrected chi connectivity index (χ0v) is 17.7. The van der Waals surface area contributed by atoms with Crippen LogP contribution in [0.1, 0.15) is 16.7 Å². The summed E-state index contributed by atoms with van der Waals surface area (Å²) in [7, 11) is 0. The van der Waals surface area contributed by atoms with Crippen molar-refractivity contribution in [3.05, 3.63) is 120 Å². The van der Waals surface area contributed by atoms with Crippen LogP contribution >= 0.6 is 0 Å². The van der Waals surface area contributed by atoms with Gasteiger partial charge in [0, 0.05) is 19.6 Å². The Labute approximate surface area is 184 Å². The highest BCUT2D eigenvalue weighted by Crippen LogP contribution is 2.10. The molecule has 0 bridgehead atoms. The number of benzene rings is 3. The van der Waals surface area contributed by atoms with E-state index in [0.29, 0.717) is 6.61 Å². The number of rotatable bonds is 12. The van der Waals surface area contributed by atoms with Gasteiger partial charge < -0.3 is 9.47 Å². The molecule has 0 aliphatic carbocycles. The molecule has 0 fully saturated rings. The Morgan fingerprint density at radius 3 is 1.77 bits per heavy atom. The summed E-state index contributed by atoms with van der Waals surface area (Å²) in [5.74, 6) is -0.356. The number of hydrogen-bond donors (Lipinski definition) is 0. The predicted molar refractivity (Wildman–Crippen MR) is 123 cm³/mol. The maximum absolute atomic E-state index is 11.8. The van der Waals surface area contributed by atoms with E-state index in [1.807, 2.05) is 54.6 Å². The lowest BCUT2D eigenvalue weighted by molar-refractivity contribution is -0.148. The van der Waals surface area contributed by atoms with Crippen molar-refractivity contribution < 1.29 is 14.3 Å². The molecule has 0 saturated carbocycles. The van der Waals surface area contributed by atoms with E-state index in [9.17, 15) is 4.79 Å². The summed E-state index contributed by atoms with van der Waals surface area (Å²) in [6, 6.07) is 30.6. The SMILES string of the molecule is O=C(COCc1ccccc1)OC/C=C\CN(Cc1ccccc1)Cc1ccccc1. The van der Waals surface area contributed by atoms with Gasteiger partial charge in [-0.05, 0) is 22.8 Å². The standard InChI is InChI=1S/C27H29NO3/c29-27(23-30-22-26-16-8-3-9-17-26)31-19-11-10-18-28(20-24-12-4-1-5-13-24)21-25-14-6-2-7-15-25/h1-17H,18-23H2/b11-10-. The van der Waals surface area contributed by atoms with Crippen LogP contribution in [-0.4, -0.2) is 30.6 Å². The quantitative estimate of drug-likeness (QED) is 0.308. The number of carbonyl (C=O) groups is 1. The average Bonchev–Trinajstić information content (AvgIpc) is 2.81. The van der Waals surface area contributed by atoms with E-state index < -0.39 is 0 Å². The van der Waals surface area contributed by atoms with Gasteiger partial charge in [-0.1, -0.05) is 97.1 Å². The molecule has 3 aromatic carbocycles. The van der Waals surface area contributed by atoms with Crippen LogP contribution in [0.3, 0.4) is 0 Å². The zero-order valence-electron chi connectivity index (χ0n) is 17.7. The molecule has 0 aliphatic rings. The van der Waals surface area contributed by atoms with E-state index in [-0.39, 0.29) is 19.2 Å². The van der Waals surface area contributed by atoms with Gasteiger partial charge >= 0.3 is 5.97 Å². The van der Waals surface area contributed by atoms with Gasteiger partial charge in [-0.15, -0.1) is 0 Å². The van der Waals surface area contributed by atoms with Gasteiger partial charge in [-0.3, -0.25) is 4.90 Å². The van der Waals surface area contributed by atoms with Crippen LogP contribution in [0.15, 0.2) is 103 Å². The molecule has 0 N–H and O–H groups in total. The second-order valence-corrected chi connectivity index (χ2v) is 7.27. The maximum atomic E-state index is 11.8. The average molecular weight is 416 g/mol. The van der Waals surface area contributed by atoms with Crippen molar-refractivity contribution in [3.63, 3.8) is 0 Å². The first-order chi connectivity index (χ1) is 15.3. The molecule has 4 heteroatoms. The minimum Gasteiger partial charge on any atom is -0.460 e. The minimum absolute atomic E-state index is 0.0448. The fraction of sp³-hybridized carbons (Fsp3) is 0.222. The number of ether oxygens (including phenoxy) is 2. The second-order valence-electron chi connectivity index (χ2n) is 7.27. The van der Waals surface area contributed by atoms with Crippen molar-refractivity contribution >= 4 is 5.97 Å². The molecule has 31 heavy (non-hydrogen) atoms. The Bertz CT molecular complexity index is 869. The molecule has 0 unspecified atom stereocenters. The highest BCUT2D eigenvalue weighted by Gasteiger charge is 2.06. The van der Waals surface area contributed by atoms with Crippen LogP contribution in [-0.2, 0) is 34.0 Å². The van der Waals surface area contributed by atoms with E-state index >= 15 is 0 Å². The highest BCUT2D eigenvalue weighted by atomic mass is 16.6. The zero-order chi connectivity index (χ0) is 21.6. The van der Waals surface area contributed by atoms with Crippen LogP contribution in [0, 0.1) is 0 Å². The van der Waals surface area contributed by atoms with E-state index in [4.69, 9.17) is 9.47 Å². The Hall–Kier alpha value is -3.21. The van der Waals surface area contributed by atoms with E-state index in [1.54, 1.807) is 0 Å². The van der Waals surface area contributed by atoms with Gasteiger partial charge in [0.1, 0.15) is 13.2 Å². The molecular formula is C27H29NO3. The summed E-state index contributed by atoms with van der Waals surface area (Å²) in [6.07, 6.45) is 3.93. The van der Waals surface area contributed by atoms with Gasteiger partial charge in [0.15, 0.2) is 0 Å². The molecular weight excluding hydrogens is 386 g/mol. The largest absolute Gasteiger partial charge is 0.460 e. The van der Waals surface area contributed by atoms with Crippen LogP contribution in [0.2, 0.25) is 0 Å². The number of carbonyl (C=O) groups excluding carboxylic acids is 1. The molecule has 0 aliphatic heterocycles. The third kappa shape index (κ3) is 8.99. The van der Waals surface area contributed by atoms with Crippen molar-refractivity contribution in [2.24, 2.45) is 0 Å². The van der Waals surface area contributed by atoms with Crippen molar-refractivity contribution in [2.75, 3.05) is 19.8 Å². The normalized spacial score (nSPS) is 11.1. The predicted octanol–water partition coefficient (Wildman–Crippen LogP) is 5.01. The number of hydrogen-bond acceptors (Lipinski definition) is 4. The summed E-state index contributed by atoms with van der Waals surface area (Å²) in [5, 5.41) is 0. The molecule has 0 aromatic heterocycles. The summed E-state index contributed by atoms with van der Waals surface area (Å²) < 4.78 is 10.6. The molecule has 0 atom stereocenters. The van der Waals surface area contributed by atoms with Crippen molar-refractivity contribution in [1.82, 2.24) is 4.90 Å². The van der Waals surface area contributed by atoms with Crippen LogP contribution in [0.4, 0.5) is 0 Å². The summed E-state index contributed by atoms with van der Waals surface area (Å²) in [5.41, 5.74) is 3.58. The Morgan fingerprint density at radius 2 is 1.23 bits per heavy atom. The van der Waals surface area contributed by atoms with Crippen molar-refractivity contribution in [1.29, 1.82) is 0 Å².